The molecule has 6 heteroatoms. The van der Waals surface area contributed by atoms with Crippen LogP contribution in [0.3, 0.4) is 0 Å². The molecule has 2 atom stereocenters. The Hall–Kier alpha value is -2.96. The first-order valence-corrected chi connectivity index (χ1v) is 13.0. The number of anilines is 2. The maximum atomic E-state index is 14.3. The molecule has 3 aromatic rings. The third-order valence-electron chi connectivity index (χ3n) is 7.85. The van der Waals surface area contributed by atoms with Crippen molar-refractivity contribution in [1.82, 2.24) is 4.90 Å². The van der Waals surface area contributed by atoms with Crippen LogP contribution in [0.25, 0.3) is 0 Å². The molecular formula is C29H29BrN4O. The van der Waals surface area contributed by atoms with Gasteiger partial charge in [-0.05, 0) is 61.7 Å². The first-order valence-electron chi connectivity index (χ1n) is 12.2. The molecule has 5 nitrogen and oxygen atoms in total. The van der Waals surface area contributed by atoms with Crippen molar-refractivity contribution in [2.24, 2.45) is 10.5 Å². The van der Waals surface area contributed by atoms with Gasteiger partial charge >= 0.3 is 0 Å². The van der Waals surface area contributed by atoms with E-state index in [1.807, 2.05) is 31.2 Å². The number of hydrogen-bond acceptors (Lipinski definition) is 4. The van der Waals surface area contributed by atoms with Crippen molar-refractivity contribution in [2.45, 2.75) is 32.9 Å². The van der Waals surface area contributed by atoms with Gasteiger partial charge in [-0.15, -0.1) is 0 Å². The normalized spacial score (nSPS) is 23.9. The minimum Gasteiger partial charge on any atom is -0.364 e. The summed E-state index contributed by atoms with van der Waals surface area (Å²) >= 11 is 3.66. The second kappa shape index (κ2) is 8.61. The van der Waals surface area contributed by atoms with Gasteiger partial charge in [-0.2, -0.15) is 10.1 Å². The van der Waals surface area contributed by atoms with Crippen LogP contribution in [0, 0.1) is 12.3 Å². The molecule has 1 saturated heterocycles. The molecule has 6 rings (SSSR count). The molecule has 3 aromatic carbocycles. The highest BCUT2D eigenvalue weighted by atomic mass is 79.9. The van der Waals surface area contributed by atoms with E-state index in [4.69, 9.17) is 5.10 Å². The predicted molar refractivity (Wildman–Crippen MR) is 145 cm³/mol. The Morgan fingerprint density at radius 3 is 2.54 bits per heavy atom. The number of carbonyl (C=O) groups is 1. The lowest BCUT2D eigenvalue weighted by Crippen LogP contribution is -2.66. The Bertz CT molecular complexity index is 1310. The highest BCUT2D eigenvalue weighted by Gasteiger charge is 2.59. The Balaban J connectivity index is 1.41. The maximum absolute atomic E-state index is 14.3. The summed E-state index contributed by atoms with van der Waals surface area (Å²) in [7, 11) is 0. The highest BCUT2D eigenvalue weighted by Crippen LogP contribution is 2.48. The van der Waals surface area contributed by atoms with Crippen LogP contribution in [-0.2, 0) is 17.8 Å². The van der Waals surface area contributed by atoms with Crippen LogP contribution in [0.4, 0.5) is 11.4 Å². The van der Waals surface area contributed by atoms with E-state index in [9.17, 15) is 4.79 Å². The molecule has 0 N–H and O–H groups in total. The SMILES string of the molecule is CC1=NN(c2ccc(C)cc2)C(=O)C12Cc1cc(Br)ccc1N1CCN(Cc3ccccc3)CC12. The fourth-order valence-electron chi connectivity index (χ4n) is 6.01. The molecule has 1 spiro atoms. The number of halogens is 1. The fraction of sp³-hybridized carbons (Fsp3) is 0.310. The summed E-state index contributed by atoms with van der Waals surface area (Å²) in [5.41, 5.74) is 5.99. The van der Waals surface area contributed by atoms with Gasteiger partial charge in [0.05, 0.1) is 17.4 Å². The van der Waals surface area contributed by atoms with Crippen molar-refractivity contribution in [1.29, 1.82) is 0 Å². The van der Waals surface area contributed by atoms with Crippen LogP contribution >= 0.6 is 15.9 Å². The van der Waals surface area contributed by atoms with E-state index in [1.54, 1.807) is 5.01 Å². The lowest BCUT2D eigenvalue weighted by Gasteiger charge is -2.53. The highest BCUT2D eigenvalue weighted by molar-refractivity contribution is 9.10. The third kappa shape index (κ3) is 3.71. The standard InChI is InChI=1S/C29H29BrN4O/c1-20-8-11-25(12-9-20)34-28(35)29(21(2)31-34)17-23-16-24(30)10-13-26(23)33-15-14-32(19-27(29)33)18-22-6-4-3-5-7-22/h3-13,16,27H,14-15,17-19H2,1-2H3. The second-order valence-corrected chi connectivity index (χ2v) is 10.9. The van der Waals surface area contributed by atoms with E-state index in [1.165, 1.54) is 22.4 Å². The summed E-state index contributed by atoms with van der Waals surface area (Å²) in [5, 5.41) is 6.53. The zero-order valence-electron chi connectivity index (χ0n) is 20.1. The summed E-state index contributed by atoms with van der Waals surface area (Å²) in [6.45, 7) is 7.67. The molecule has 35 heavy (non-hydrogen) atoms. The van der Waals surface area contributed by atoms with Crippen LogP contribution in [-0.4, -0.2) is 42.2 Å². The van der Waals surface area contributed by atoms with Crippen LogP contribution in [0.1, 0.15) is 23.6 Å². The second-order valence-electron chi connectivity index (χ2n) is 9.99. The maximum Gasteiger partial charge on any atom is 0.261 e. The zero-order chi connectivity index (χ0) is 24.2. The van der Waals surface area contributed by atoms with E-state index in [-0.39, 0.29) is 11.9 Å². The van der Waals surface area contributed by atoms with Gasteiger partial charge in [-0.1, -0.05) is 64.0 Å². The molecule has 3 aliphatic rings. The lowest BCUT2D eigenvalue weighted by atomic mass is 9.67. The Morgan fingerprint density at radius 2 is 1.77 bits per heavy atom. The van der Waals surface area contributed by atoms with E-state index in [0.717, 1.165) is 42.1 Å². The molecule has 0 bridgehead atoms. The van der Waals surface area contributed by atoms with Gasteiger partial charge in [0, 0.05) is 36.3 Å². The van der Waals surface area contributed by atoms with Gasteiger partial charge < -0.3 is 4.90 Å². The van der Waals surface area contributed by atoms with Crippen molar-refractivity contribution in [3.8, 4) is 0 Å². The van der Waals surface area contributed by atoms with Crippen LogP contribution in [0.5, 0.6) is 0 Å². The first-order chi connectivity index (χ1) is 17.0. The number of nitrogens with zero attached hydrogens (tertiary/aromatic N) is 4. The summed E-state index contributed by atoms with van der Waals surface area (Å²) in [6, 6.07) is 25.2. The Labute approximate surface area is 215 Å². The van der Waals surface area contributed by atoms with Gasteiger partial charge in [0.2, 0.25) is 0 Å². The van der Waals surface area contributed by atoms with Crippen LogP contribution in [0.15, 0.2) is 82.4 Å². The van der Waals surface area contributed by atoms with Gasteiger partial charge in [0.25, 0.3) is 5.91 Å². The molecule has 2 unspecified atom stereocenters. The molecule has 0 radical (unpaired) electrons. The number of rotatable bonds is 3. The van der Waals surface area contributed by atoms with Crippen molar-refractivity contribution >= 4 is 38.9 Å². The molecule has 3 heterocycles. The van der Waals surface area contributed by atoms with Gasteiger partial charge in [-0.3, -0.25) is 9.69 Å². The van der Waals surface area contributed by atoms with Gasteiger partial charge in [0.1, 0.15) is 5.41 Å². The number of amides is 1. The number of aryl methyl sites for hydroxylation is 1. The fourth-order valence-corrected chi connectivity index (χ4v) is 6.41. The largest absolute Gasteiger partial charge is 0.364 e. The zero-order valence-corrected chi connectivity index (χ0v) is 21.7. The lowest BCUT2D eigenvalue weighted by molar-refractivity contribution is -0.125. The van der Waals surface area contributed by atoms with Crippen molar-refractivity contribution in [2.75, 3.05) is 29.5 Å². The van der Waals surface area contributed by atoms with Crippen LogP contribution < -0.4 is 9.91 Å². The van der Waals surface area contributed by atoms with Crippen molar-refractivity contribution < 1.29 is 4.79 Å². The molecular weight excluding hydrogens is 500 g/mol. The average molecular weight is 529 g/mol. The molecule has 178 valence electrons. The molecule has 0 aromatic heterocycles. The molecule has 3 aliphatic heterocycles. The third-order valence-corrected chi connectivity index (χ3v) is 8.34. The minimum absolute atomic E-state index is 0.0281. The molecule has 1 amide bonds. The number of benzene rings is 3. The van der Waals surface area contributed by atoms with E-state index in [0.29, 0.717) is 6.42 Å². The number of hydrazone groups is 1. The summed E-state index contributed by atoms with van der Waals surface area (Å²) in [5.74, 6) is 0.0843. The number of hydrogen-bond donors (Lipinski definition) is 0. The van der Waals surface area contributed by atoms with Crippen LogP contribution in [0.2, 0.25) is 0 Å². The smallest absolute Gasteiger partial charge is 0.261 e. The number of piperazine rings is 1. The van der Waals surface area contributed by atoms with Gasteiger partial charge in [0.15, 0.2) is 0 Å². The van der Waals surface area contributed by atoms with Gasteiger partial charge in [-0.25, -0.2) is 0 Å². The first kappa shape index (κ1) is 22.5. The van der Waals surface area contributed by atoms with E-state index in [2.05, 4.69) is 81.2 Å². The molecule has 0 aliphatic carbocycles. The molecule has 1 fully saturated rings. The summed E-state index contributed by atoms with van der Waals surface area (Å²) < 4.78 is 1.04. The Morgan fingerprint density at radius 1 is 1.00 bits per heavy atom. The Kier molecular flexibility index (Phi) is 5.53. The number of fused-ring (bicyclic) bond motifs is 4. The van der Waals surface area contributed by atoms with Crippen molar-refractivity contribution in [3.63, 3.8) is 0 Å². The summed E-state index contributed by atoms with van der Waals surface area (Å²) in [6.07, 6.45) is 0.665. The van der Waals surface area contributed by atoms with E-state index < -0.39 is 5.41 Å². The number of carbonyl (C=O) groups excluding carboxylic acids is 1. The molecule has 0 saturated carbocycles. The quantitative estimate of drug-likeness (QED) is 0.456. The topological polar surface area (TPSA) is 39.2 Å². The summed E-state index contributed by atoms with van der Waals surface area (Å²) in [4.78, 5) is 19.3. The van der Waals surface area contributed by atoms with Crippen molar-refractivity contribution in [3.05, 3.63) is 94.0 Å². The minimum atomic E-state index is -0.686. The monoisotopic (exact) mass is 528 g/mol. The average Bonchev–Trinajstić information content (AvgIpc) is 3.10. The predicted octanol–water partition coefficient (Wildman–Crippen LogP) is 5.41. The van der Waals surface area contributed by atoms with E-state index >= 15 is 0 Å².